The molecule has 4 atom stereocenters. The third-order valence-electron chi connectivity index (χ3n) is 7.02. The molecule has 0 N–H and O–H groups in total. The highest BCUT2D eigenvalue weighted by molar-refractivity contribution is 5.87. The lowest BCUT2D eigenvalue weighted by atomic mass is 9.93. The van der Waals surface area contributed by atoms with Crippen LogP contribution in [-0.2, 0) is 33.2 Å². The molecular weight excluding hydrogens is 376 g/mol. The molecule has 0 unspecified atom stereocenters. The fourth-order valence-electron chi connectivity index (χ4n) is 5.49. The number of hydrogen-bond acceptors (Lipinski definition) is 7. The summed E-state index contributed by atoms with van der Waals surface area (Å²) in [6.07, 6.45) is 8.53. The monoisotopic (exact) mass is 408 g/mol. The summed E-state index contributed by atoms with van der Waals surface area (Å²) in [6.45, 7) is 5.93. The highest BCUT2D eigenvalue weighted by atomic mass is 16.9. The van der Waals surface area contributed by atoms with E-state index in [-0.39, 0.29) is 12.7 Å². The van der Waals surface area contributed by atoms with Gasteiger partial charge in [0.1, 0.15) is 18.8 Å². The quantitative estimate of drug-likeness (QED) is 0.512. The minimum Gasteiger partial charge on any atom is -0.450 e. The van der Waals surface area contributed by atoms with Crippen LogP contribution in [-0.4, -0.2) is 54.9 Å². The zero-order valence-electron chi connectivity index (χ0n) is 17.3. The van der Waals surface area contributed by atoms with Crippen molar-refractivity contribution in [2.45, 2.75) is 107 Å². The molecule has 3 heterocycles. The molecule has 2 saturated carbocycles. The van der Waals surface area contributed by atoms with E-state index in [1.807, 2.05) is 0 Å². The van der Waals surface area contributed by atoms with Gasteiger partial charge < -0.3 is 28.4 Å². The van der Waals surface area contributed by atoms with Gasteiger partial charge in [0.2, 0.25) is 5.79 Å². The van der Waals surface area contributed by atoms with Gasteiger partial charge in [-0.15, -0.1) is 0 Å². The van der Waals surface area contributed by atoms with E-state index in [1.165, 1.54) is 12.8 Å². The van der Waals surface area contributed by atoms with Crippen molar-refractivity contribution in [3.63, 3.8) is 0 Å². The average Bonchev–Trinajstić information content (AvgIpc) is 3.24. The van der Waals surface area contributed by atoms with Gasteiger partial charge in [0, 0.05) is 31.3 Å². The third-order valence-corrected chi connectivity index (χ3v) is 7.02. The van der Waals surface area contributed by atoms with Gasteiger partial charge in [-0.1, -0.05) is 19.4 Å². The summed E-state index contributed by atoms with van der Waals surface area (Å²) < 4.78 is 37.7. The Morgan fingerprint density at radius 2 is 1.59 bits per heavy atom. The molecule has 29 heavy (non-hydrogen) atoms. The van der Waals surface area contributed by atoms with Gasteiger partial charge >= 0.3 is 5.97 Å². The highest BCUT2D eigenvalue weighted by Crippen LogP contribution is 2.51. The Balaban J connectivity index is 1.42. The van der Waals surface area contributed by atoms with Gasteiger partial charge in [-0.2, -0.15) is 0 Å². The first kappa shape index (κ1) is 19.9. The molecule has 5 rings (SSSR count). The Morgan fingerprint density at radius 3 is 2.24 bits per heavy atom. The van der Waals surface area contributed by atoms with Gasteiger partial charge in [0.15, 0.2) is 17.7 Å². The maximum Gasteiger partial charge on any atom is 0.333 e. The van der Waals surface area contributed by atoms with Crippen LogP contribution in [0.4, 0.5) is 0 Å². The van der Waals surface area contributed by atoms with E-state index >= 15 is 0 Å². The second kappa shape index (κ2) is 7.31. The SMILES string of the molecule is C=C(C)C(=O)O[C@H]1[C@@H]2OC3(CCCCC3)O[C@@H]2CO[C@]12COC1(CCCCC1)O2. The van der Waals surface area contributed by atoms with Crippen molar-refractivity contribution in [3.05, 3.63) is 12.2 Å². The predicted octanol–water partition coefficient (Wildman–Crippen LogP) is 3.35. The Bertz CT molecular complexity index is 652. The Kier molecular flexibility index (Phi) is 5.02. The summed E-state index contributed by atoms with van der Waals surface area (Å²) in [4.78, 5) is 12.5. The minimum atomic E-state index is -1.16. The number of hydrogen-bond donors (Lipinski definition) is 0. The Hall–Kier alpha value is -0.990. The molecular formula is C22H32O7. The second-order valence-corrected chi connectivity index (χ2v) is 9.30. The van der Waals surface area contributed by atoms with Crippen LogP contribution < -0.4 is 0 Å². The molecule has 3 aliphatic heterocycles. The van der Waals surface area contributed by atoms with Crippen LogP contribution in [0, 0.1) is 0 Å². The van der Waals surface area contributed by atoms with Crippen LogP contribution in [0.15, 0.2) is 12.2 Å². The summed E-state index contributed by atoms with van der Waals surface area (Å²) in [5.41, 5.74) is 0.333. The topological polar surface area (TPSA) is 72.5 Å². The van der Waals surface area contributed by atoms with Crippen molar-refractivity contribution in [2.24, 2.45) is 0 Å². The molecule has 5 aliphatic rings. The molecule has 0 aromatic heterocycles. The summed E-state index contributed by atoms with van der Waals surface area (Å²) in [5, 5.41) is 0. The van der Waals surface area contributed by atoms with Gasteiger partial charge in [-0.3, -0.25) is 0 Å². The smallest absolute Gasteiger partial charge is 0.333 e. The van der Waals surface area contributed by atoms with Crippen molar-refractivity contribution in [2.75, 3.05) is 13.2 Å². The minimum absolute atomic E-state index is 0.223. The summed E-state index contributed by atoms with van der Waals surface area (Å²) in [5.74, 6) is -2.88. The van der Waals surface area contributed by atoms with E-state index in [0.29, 0.717) is 12.2 Å². The lowest BCUT2D eigenvalue weighted by Gasteiger charge is -2.44. The number of rotatable bonds is 2. The zero-order chi connectivity index (χ0) is 20.1. The maximum absolute atomic E-state index is 12.5. The van der Waals surface area contributed by atoms with E-state index in [4.69, 9.17) is 28.4 Å². The molecule has 3 spiro atoms. The lowest BCUT2D eigenvalue weighted by Crippen LogP contribution is -2.63. The van der Waals surface area contributed by atoms with Crippen LogP contribution in [0.25, 0.3) is 0 Å². The van der Waals surface area contributed by atoms with Crippen LogP contribution in [0.1, 0.15) is 71.1 Å². The highest BCUT2D eigenvalue weighted by Gasteiger charge is 2.66. The van der Waals surface area contributed by atoms with E-state index in [1.54, 1.807) is 6.92 Å². The molecule has 3 saturated heterocycles. The number of fused-ring (bicyclic) bond motifs is 1. The van der Waals surface area contributed by atoms with E-state index in [0.717, 1.165) is 51.4 Å². The molecule has 162 valence electrons. The Morgan fingerprint density at radius 1 is 0.931 bits per heavy atom. The number of carbonyl (C=O) groups is 1. The van der Waals surface area contributed by atoms with E-state index in [9.17, 15) is 4.79 Å². The fourth-order valence-corrected chi connectivity index (χ4v) is 5.49. The Labute approximate surface area is 172 Å². The summed E-state index contributed by atoms with van der Waals surface area (Å²) >= 11 is 0. The van der Waals surface area contributed by atoms with E-state index in [2.05, 4.69) is 6.58 Å². The molecule has 5 fully saturated rings. The molecule has 7 heteroatoms. The van der Waals surface area contributed by atoms with Crippen LogP contribution in [0.5, 0.6) is 0 Å². The fraction of sp³-hybridized carbons (Fsp3) is 0.864. The number of ether oxygens (including phenoxy) is 6. The van der Waals surface area contributed by atoms with Crippen LogP contribution in [0.2, 0.25) is 0 Å². The first-order valence-electron chi connectivity index (χ1n) is 11.2. The second-order valence-electron chi connectivity index (χ2n) is 9.30. The first-order chi connectivity index (χ1) is 14.0. The molecule has 0 aromatic rings. The largest absolute Gasteiger partial charge is 0.450 e. The maximum atomic E-state index is 12.5. The molecule has 2 aliphatic carbocycles. The summed E-state index contributed by atoms with van der Waals surface area (Å²) in [6, 6.07) is 0. The van der Waals surface area contributed by atoms with Crippen LogP contribution >= 0.6 is 0 Å². The van der Waals surface area contributed by atoms with Gasteiger partial charge in [0.05, 0.1) is 6.61 Å². The number of esters is 1. The van der Waals surface area contributed by atoms with Crippen molar-refractivity contribution in [3.8, 4) is 0 Å². The standard InChI is InChI=1S/C22H32O7/c1-15(2)19(23)26-18-17-16(27-21(28-17)11-7-4-8-12-21)13-24-22(18)14-25-20(29-22)9-5-3-6-10-20/h16-18H,1,3-14H2,2H3/t16-,17-,18+,22+/m1/s1. The summed E-state index contributed by atoms with van der Waals surface area (Å²) in [7, 11) is 0. The molecule has 0 aromatic carbocycles. The van der Waals surface area contributed by atoms with Crippen molar-refractivity contribution in [1.82, 2.24) is 0 Å². The normalized spacial score (nSPS) is 40.2. The number of carbonyl (C=O) groups excluding carboxylic acids is 1. The van der Waals surface area contributed by atoms with Gasteiger partial charge in [-0.05, 0) is 32.6 Å². The van der Waals surface area contributed by atoms with Gasteiger partial charge in [-0.25, -0.2) is 4.79 Å². The van der Waals surface area contributed by atoms with Crippen molar-refractivity contribution < 1.29 is 33.2 Å². The van der Waals surface area contributed by atoms with Crippen molar-refractivity contribution in [1.29, 1.82) is 0 Å². The molecule has 0 bridgehead atoms. The molecule has 0 amide bonds. The van der Waals surface area contributed by atoms with E-state index < -0.39 is 35.5 Å². The third kappa shape index (κ3) is 3.45. The predicted molar refractivity (Wildman–Crippen MR) is 102 cm³/mol. The lowest BCUT2D eigenvalue weighted by molar-refractivity contribution is -0.337. The molecule has 0 radical (unpaired) electrons. The van der Waals surface area contributed by atoms with Crippen LogP contribution in [0.3, 0.4) is 0 Å². The zero-order valence-corrected chi connectivity index (χ0v) is 17.3. The molecule has 7 nitrogen and oxygen atoms in total. The first-order valence-corrected chi connectivity index (χ1v) is 11.2. The van der Waals surface area contributed by atoms with Crippen molar-refractivity contribution >= 4 is 5.97 Å². The average molecular weight is 408 g/mol. The van der Waals surface area contributed by atoms with Gasteiger partial charge in [0.25, 0.3) is 0 Å².